The van der Waals surface area contributed by atoms with Crippen LogP contribution in [0.1, 0.15) is 29.8 Å². The Labute approximate surface area is 214 Å². The lowest BCUT2D eigenvalue weighted by Crippen LogP contribution is -2.20. The molecule has 192 valence electrons. The first-order chi connectivity index (χ1) is 17.5. The number of rotatable bonds is 6. The maximum atomic E-state index is 13.1. The number of nitrogens with one attached hydrogen (secondary N) is 4. The van der Waals surface area contributed by atoms with Crippen molar-refractivity contribution in [3.05, 3.63) is 76.6 Å². The summed E-state index contributed by atoms with van der Waals surface area (Å²) < 4.78 is 39.2. The molecule has 2 aromatic carbocycles. The van der Waals surface area contributed by atoms with Gasteiger partial charge in [0.05, 0.1) is 22.4 Å². The number of aliphatic hydroxyl groups is 1. The van der Waals surface area contributed by atoms with Crippen LogP contribution in [0.4, 0.5) is 41.0 Å². The molecule has 13 heteroatoms. The molecule has 0 aliphatic rings. The van der Waals surface area contributed by atoms with Gasteiger partial charge in [0.15, 0.2) is 11.6 Å². The molecule has 1 atom stereocenters. The standard InChI is InChI=1S/C24H21ClF3N7O2/c1-12-9-14(30-23(37)31-15-4-6-18(25)17(10-15)24(26,27)28)3-5-16(12)22-29-8-7-20(33-22)32-21-11-19(13(2)36)34-35-21/h3-11,13,36H,1-2H3,(H2,30,31,37)(H2,29,32,33,34,35). The number of amides is 2. The van der Waals surface area contributed by atoms with Gasteiger partial charge in [0.2, 0.25) is 0 Å². The third kappa shape index (κ3) is 6.35. The largest absolute Gasteiger partial charge is 0.417 e. The van der Waals surface area contributed by atoms with E-state index >= 15 is 0 Å². The Hall–Kier alpha value is -4.16. The minimum atomic E-state index is -4.65. The van der Waals surface area contributed by atoms with Crippen molar-refractivity contribution in [2.24, 2.45) is 0 Å². The Morgan fingerprint density at radius 3 is 2.41 bits per heavy atom. The van der Waals surface area contributed by atoms with E-state index < -0.39 is 28.9 Å². The number of hydrogen-bond acceptors (Lipinski definition) is 6. The maximum absolute atomic E-state index is 13.1. The fourth-order valence-electron chi connectivity index (χ4n) is 3.41. The van der Waals surface area contributed by atoms with Crippen LogP contribution in [0.2, 0.25) is 5.02 Å². The summed E-state index contributed by atoms with van der Waals surface area (Å²) >= 11 is 5.62. The lowest BCUT2D eigenvalue weighted by molar-refractivity contribution is -0.137. The quantitative estimate of drug-likeness (QED) is 0.199. The summed E-state index contributed by atoms with van der Waals surface area (Å²) in [7, 11) is 0. The molecule has 0 aliphatic heterocycles. The van der Waals surface area contributed by atoms with Gasteiger partial charge in [-0.2, -0.15) is 18.3 Å². The number of alkyl halides is 3. The van der Waals surface area contributed by atoms with Crippen molar-refractivity contribution in [1.82, 2.24) is 20.2 Å². The molecule has 0 saturated heterocycles. The van der Waals surface area contributed by atoms with Gasteiger partial charge >= 0.3 is 12.2 Å². The summed E-state index contributed by atoms with van der Waals surface area (Å²) in [6, 6.07) is 10.7. The van der Waals surface area contributed by atoms with E-state index in [4.69, 9.17) is 11.6 Å². The molecule has 4 rings (SSSR count). The highest BCUT2D eigenvalue weighted by Gasteiger charge is 2.33. The van der Waals surface area contributed by atoms with Crippen molar-refractivity contribution in [1.29, 1.82) is 0 Å². The molecule has 5 N–H and O–H groups in total. The van der Waals surface area contributed by atoms with E-state index in [1.54, 1.807) is 50.4 Å². The first-order valence-electron chi connectivity index (χ1n) is 10.9. The fourth-order valence-corrected chi connectivity index (χ4v) is 3.63. The number of nitrogens with zero attached hydrogens (tertiary/aromatic N) is 3. The molecule has 0 spiro atoms. The molecule has 9 nitrogen and oxygen atoms in total. The summed E-state index contributed by atoms with van der Waals surface area (Å²) in [6.07, 6.45) is -3.76. The van der Waals surface area contributed by atoms with Crippen LogP contribution < -0.4 is 16.0 Å². The molecular weight excluding hydrogens is 511 g/mol. The molecule has 0 saturated carbocycles. The summed E-state index contributed by atoms with van der Waals surface area (Å²) in [5.41, 5.74) is 1.32. The van der Waals surface area contributed by atoms with Crippen molar-refractivity contribution in [2.75, 3.05) is 16.0 Å². The van der Waals surface area contributed by atoms with Gasteiger partial charge in [-0.25, -0.2) is 14.8 Å². The monoisotopic (exact) mass is 531 g/mol. The summed E-state index contributed by atoms with van der Waals surface area (Å²) in [5.74, 6) is 1.38. The maximum Gasteiger partial charge on any atom is 0.417 e. The summed E-state index contributed by atoms with van der Waals surface area (Å²) in [5, 5.41) is 24.0. The number of hydrogen-bond donors (Lipinski definition) is 5. The van der Waals surface area contributed by atoms with Gasteiger partial charge in [-0.1, -0.05) is 11.6 Å². The highest BCUT2D eigenvalue weighted by atomic mass is 35.5. The van der Waals surface area contributed by atoms with Crippen molar-refractivity contribution < 1.29 is 23.1 Å². The van der Waals surface area contributed by atoms with E-state index in [2.05, 4.69) is 36.1 Å². The Kier molecular flexibility index (Phi) is 7.32. The fraction of sp³-hybridized carbons (Fsp3) is 0.167. The van der Waals surface area contributed by atoms with E-state index in [0.29, 0.717) is 34.4 Å². The third-order valence-corrected chi connectivity index (χ3v) is 5.54. The van der Waals surface area contributed by atoms with E-state index in [9.17, 15) is 23.1 Å². The van der Waals surface area contributed by atoms with Crippen molar-refractivity contribution in [2.45, 2.75) is 26.1 Å². The minimum absolute atomic E-state index is 0.0576. The zero-order chi connectivity index (χ0) is 26.7. The van der Waals surface area contributed by atoms with Gasteiger partial charge in [0.25, 0.3) is 0 Å². The second-order valence-corrected chi connectivity index (χ2v) is 8.48. The van der Waals surface area contributed by atoms with Crippen LogP contribution in [0.25, 0.3) is 11.4 Å². The smallest absolute Gasteiger partial charge is 0.387 e. The second kappa shape index (κ2) is 10.4. The number of aromatic nitrogens is 4. The first-order valence-corrected chi connectivity index (χ1v) is 11.3. The Balaban J connectivity index is 1.45. The summed E-state index contributed by atoms with van der Waals surface area (Å²) in [4.78, 5) is 21.2. The number of H-pyrrole nitrogens is 1. The first kappa shape index (κ1) is 25.9. The average molecular weight is 532 g/mol. The molecule has 4 aromatic rings. The molecule has 1 unspecified atom stereocenters. The third-order valence-electron chi connectivity index (χ3n) is 5.21. The van der Waals surface area contributed by atoms with E-state index in [0.717, 1.165) is 17.7 Å². The van der Waals surface area contributed by atoms with E-state index in [1.807, 2.05) is 0 Å². The molecule has 2 aromatic heterocycles. The van der Waals surface area contributed by atoms with Crippen LogP contribution in [0, 0.1) is 6.92 Å². The number of urea groups is 1. The topological polar surface area (TPSA) is 128 Å². The highest BCUT2D eigenvalue weighted by molar-refractivity contribution is 6.31. The number of aryl methyl sites for hydroxylation is 1. The van der Waals surface area contributed by atoms with Gasteiger partial charge in [0, 0.05) is 29.2 Å². The van der Waals surface area contributed by atoms with Crippen LogP contribution in [-0.4, -0.2) is 31.3 Å². The zero-order valence-electron chi connectivity index (χ0n) is 19.5. The van der Waals surface area contributed by atoms with Crippen LogP contribution in [0.15, 0.2) is 54.7 Å². The van der Waals surface area contributed by atoms with Crippen LogP contribution in [0.5, 0.6) is 0 Å². The second-order valence-electron chi connectivity index (χ2n) is 8.08. The predicted octanol–water partition coefficient (Wildman–Crippen LogP) is 6.29. The van der Waals surface area contributed by atoms with Gasteiger partial charge in [0.1, 0.15) is 5.82 Å². The normalized spacial score (nSPS) is 12.2. The summed E-state index contributed by atoms with van der Waals surface area (Å²) in [6.45, 7) is 3.42. The van der Waals surface area contributed by atoms with Gasteiger partial charge in [-0.3, -0.25) is 5.10 Å². The van der Waals surface area contributed by atoms with Crippen LogP contribution in [0.3, 0.4) is 0 Å². The number of carbonyl (C=O) groups excluding carboxylic acids is 1. The Bertz CT molecular complexity index is 1440. The van der Waals surface area contributed by atoms with Crippen molar-refractivity contribution in [3.63, 3.8) is 0 Å². The Morgan fingerprint density at radius 2 is 1.76 bits per heavy atom. The number of benzene rings is 2. The number of halogens is 4. The number of anilines is 4. The molecule has 0 aliphatic carbocycles. The van der Waals surface area contributed by atoms with Crippen molar-refractivity contribution >= 4 is 40.6 Å². The van der Waals surface area contributed by atoms with Gasteiger partial charge in [-0.05, 0) is 61.9 Å². The zero-order valence-corrected chi connectivity index (χ0v) is 20.2. The minimum Gasteiger partial charge on any atom is -0.387 e. The molecule has 37 heavy (non-hydrogen) atoms. The Morgan fingerprint density at radius 1 is 1.05 bits per heavy atom. The van der Waals surface area contributed by atoms with E-state index in [-0.39, 0.29) is 5.69 Å². The SMILES string of the molecule is Cc1cc(NC(=O)Nc2ccc(Cl)c(C(F)(F)F)c2)ccc1-c1nccc(Nc2cc(C(C)O)[nH]n2)n1. The predicted molar refractivity (Wildman–Crippen MR) is 134 cm³/mol. The van der Waals surface area contributed by atoms with Crippen LogP contribution in [-0.2, 0) is 6.18 Å². The molecule has 0 fully saturated rings. The van der Waals surface area contributed by atoms with Crippen LogP contribution >= 0.6 is 11.6 Å². The lowest BCUT2D eigenvalue weighted by Gasteiger charge is -2.13. The van der Waals surface area contributed by atoms with E-state index in [1.165, 1.54) is 6.07 Å². The van der Waals surface area contributed by atoms with Gasteiger partial charge in [-0.15, -0.1) is 0 Å². The number of aromatic amines is 1. The van der Waals surface area contributed by atoms with Gasteiger partial charge < -0.3 is 21.1 Å². The molecule has 2 heterocycles. The number of carbonyl (C=O) groups is 1. The molecule has 0 radical (unpaired) electrons. The van der Waals surface area contributed by atoms with Crippen molar-refractivity contribution in [3.8, 4) is 11.4 Å². The number of aliphatic hydroxyl groups excluding tert-OH is 1. The molecular formula is C24H21ClF3N7O2. The highest BCUT2D eigenvalue weighted by Crippen LogP contribution is 2.36. The average Bonchev–Trinajstić information content (AvgIpc) is 3.29. The molecule has 2 amide bonds. The molecule has 0 bridgehead atoms. The lowest BCUT2D eigenvalue weighted by atomic mass is 10.1.